The van der Waals surface area contributed by atoms with Crippen LogP contribution in [0.4, 0.5) is 0 Å². The molecule has 0 saturated carbocycles. The van der Waals surface area contributed by atoms with E-state index < -0.39 is 10.7 Å². The van der Waals surface area contributed by atoms with Crippen LogP contribution >= 0.6 is 11.8 Å². The summed E-state index contributed by atoms with van der Waals surface area (Å²) in [5, 5.41) is 9.05. The molecule has 2 heterocycles. The Kier molecular flexibility index (Phi) is 3.34. The predicted octanol–water partition coefficient (Wildman–Crippen LogP) is 2.74. The quantitative estimate of drug-likeness (QED) is 0.922. The van der Waals surface area contributed by atoms with Crippen molar-refractivity contribution in [2.45, 2.75) is 31.3 Å². The highest BCUT2D eigenvalue weighted by Gasteiger charge is 2.27. The van der Waals surface area contributed by atoms with Gasteiger partial charge in [-0.05, 0) is 32.4 Å². The molecule has 96 valence electrons. The SMILES string of the molecule is Cc1ccc2nc(CSC(C)(C)C(=O)O)cn2c1. The largest absolute Gasteiger partial charge is 0.480 e. The van der Waals surface area contributed by atoms with Gasteiger partial charge in [0.1, 0.15) is 10.4 Å². The fourth-order valence-electron chi connectivity index (χ4n) is 1.54. The molecular formula is C13H16N2O2S. The van der Waals surface area contributed by atoms with E-state index in [1.54, 1.807) is 13.8 Å². The van der Waals surface area contributed by atoms with Gasteiger partial charge in [0.15, 0.2) is 0 Å². The Hall–Kier alpha value is -1.49. The van der Waals surface area contributed by atoms with E-state index in [9.17, 15) is 4.79 Å². The zero-order valence-electron chi connectivity index (χ0n) is 10.7. The molecule has 1 N–H and O–H groups in total. The van der Waals surface area contributed by atoms with Crippen molar-refractivity contribution in [3.8, 4) is 0 Å². The van der Waals surface area contributed by atoms with E-state index in [1.807, 2.05) is 35.9 Å². The number of rotatable bonds is 4. The van der Waals surface area contributed by atoms with E-state index in [2.05, 4.69) is 4.98 Å². The number of thioether (sulfide) groups is 1. The smallest absolute Gasteiger partial charge is 0.319 e. The molecule has 0 amide bonds. The van der Waals surface area contributed by atoms with Crippen LogP contribution in [0.25, 0.3) is 5.65 Å². The lowest BCUT2D eigenvalue weighted by Crippen LogP contribution is -2.27. The summed E-state index contributed by atoms with van der Waals surface area (Å²) < 4.78 is 1.19. The first kappa shape index (κ1) is 13.0. The third-order valence-electron chi connectivity index (χ3n) is 2.74. The van der Waals surface area contributed by atoms with Gasteiger partial charge in [0.05, 0.1) is 5.69 Å². The Labute approximate surface area is 110 Å². The maximum Gasteiger partial charge on any atom is 0.319 e. The first-order valence-electron chi connectivity index (χ1n) is 5.70. The molecule has 0 aliphatic heterocycles. The van der Waals surface area contributed by atoms with Crippen LogP contribution in [-0.2, 0) is 10.5 Å². The minimum Gasteiger partial charge on any atom is -0.480 e. The zero-order valence-corrected chi connectivity index (χ0v) is 11.5. The third-order valence-corrected chi connectivity index (χ3v) is 4.08. The molecule has 18 heavy (non-hydrogen) atoms. The predicted molar refractivity (Wildman–Crippen MR) is 72.9 cm³/mol. The number of pyridine rings is 1. The standard InChI is InChI=1S/C13H16N2O2S/c1-9-4-5-11-14-10(7-15(11)6-9)8-18-13(2,3)12(16)17/h4-7H,8H2,1-3H3,(H,16,17). The number of aryl methyl sites for hydroxylation is 1. The lowest BCUT2D eigenvalue weighted by atomic mass is 10.2. The van der Waals surface area contributed by atoms with Crippen molar-refractivity contribution in [1.82, 2.24) is 9.38 Å². The number of hydrogen-bond donors (Lipinski definition) is 1. The van der Waals surface area contributed by atoms with Gasteiger partial charge < -0.3 is 9.51 Å². The van der Waals surface area contributed by atoms with Crippen molar-refractivity contribution in [3.63, 3.8) is 0 Å². The van der Waals surface area contributed by atoms with Crippen LogP contribution in [0.5, 0.6) is 0 Å². The minimum absolute atomic E-state index is 0.597. The fourth-order valence-corrected chi connectivity index (χ4v) is 2.31. The molecule has 2 aromatic heterocycles. The maximum atomic E-state index is 11.0. The maximum absolute atomic E-state index is 11.0. The number of fused-ring (bicyclic) bond motifs is 1. The van der Waals surface area contributed by atoms with Crippen LogP contribution in [0.2, 0.25) is 0 Å². The van der Waals surface area contributed by atoms with Crippen molar-refractivity contribution in [3.05, 3.63) is 35.8 Å². The van der Waals surface area contributed by atoms with Crippen LogP contribution in [0.1, 0.15) is 25.1 Å². The van der Waals surface area contributed by atoms with Crippen LogP contribution in [0.15, 0.2) is 24.5 Å². The lowest BCUT2D eigenvalue weighted by Gasteiger charge is -2.17. The highest BCUT2D eigenvalue weighted by molar-refractivity contribution is 8.00. The van der Waals surface area contributed by atoms with E-state index in [-0.39, 0.29) is 0 Å². The molecule has 0 atom stereocenters. The van der Waals surface area contributed by atoms with Gasteiger partial charge in [-0.2, -0.15) is 0 Å². The summed E-state index contributed by atoms with van der Waals surface area (Å²) in [7, 11) is 0. The van der Waals surface area contributed by atoms with Gasteiger partial charge in [0.2, 0.25) is 0 Å². The van der Waals surface area contributed by atoms with Gasteiger partial charge in [-0.15, -0.1) is 11.8 Å². The highest BCUT2D eigenvalue weighted by Crippen LogP contribution is 2.28. The summed E-state index contributed by atoms with van der Waals surface area (Å²) in [4.78, 5) is 15.5. The zero-order chi connectivity index (χ0) is 13.3. The summed E-state index contributed by atoms with van der Waals surface area (Å²) in [6, 6.07) is 3.98. The monoisotopic (exact) mass is 264 g/mol. The van der Waals surface area contributed by atoms with Crippen molar-refractivity contribution in [2.24, 2.45) is 0 Å². The summed E-state index contributed by atoms with van der Waals surface area (Å²) in [6.07, 6.45) is 3.96. The molecule has 4 nitrogen and oxygen atoms in total. The second-order valence-corrected chi connectivity index (χ2v) is 6.41. The van der Waals surface area contributed by atoms with Crippen molar-refractivity contribution < 1.29 is 9.90 Å². The highest BCUT2D eigenvalue weighted by atomic mass is 32.2. The van der Waals surface area contributed by atoms with Gasteiger partial charge in [-0.25, -0.2) is 4.98 Å². The topological polar surface area (TPSA) is 54.6 Å². The van der Waals surface area contributed by atoms with E-state index in [4.69, 9.17) is 5.11 Å². The average Bonchev–Trinajstić information content (AvgIpc) is 2.68. The summed E-state index contributed by atoms with van der Waals surface area (Å²) in [5.41, 5.74) is 2.97. The van der Waals surface area contributed by atoms with Crippen LogP contribution in [0, 0.1) is 6.92 Å². The van der Waals surface area contributed by atoms with E-state index in [0.717, 1.165) is 11.3 Å². The third kappa shape index (κ3) is 2.67. The number of aliphatic carboxylic acids is 1. The number of hydrogen-bond acceptors (Lipinski definition) is 3. The molecule has 2 aromatic rings. The van der Waals surface area contributed by atoms with Crippen molar-refractivity contribution >= 4 is 23.4 Å². The summed E-state index contributed by atoms with van der Waals surface area (Å²) in [5.74, 6) is -0.202. The van der Waals surface area contributed by atoms with E-state index in [0.29, 0.717) is 5.75 Å². The second kappa shape index (κ2) is 4.65. The van der Waals surface area contributed by atoms with Gasteiger partial charge in [-0.1, -0.05) is 6.07 Å². The molecule has 0 unspecified atom stereocenters. The van der Waals surface area contributed by atoms with E-state index >= 15 is 0 Å². The normalized spacial score (nSPS) is 11.9. The molecule has 0 aliphatic rings. The lowest BCUT2D eigenvalue weighted by molar-refractivity contribution is -0.138. The number of carboxylic acid groups (broad SMARTS) is 1. The van der Waals surface area contributed by atoms with E-state index in [1.165, 1.54) is 17.3 Å². The minimum atomic E-state index is -0.799. The van der Waals surface area contributed by atoms with Crippen LogP contribution in [-0.4, -0.2) is 25.2 Å². The Morgan fingerprint density at radius 2 is 2.17 bits per heavy atom. The number of nitrogens with zero attached hydrogens (tertiary/aromatic N) is 2. The second-order valence-electron chi connectivity index (χ2n) is 4.81. The van der Waals surface area contributed by atoms with Gasteiger partial charge in [-0.3, -0.25) is 4.79 Å². The number of aromatic nitrogens is 2. The Morgan fingerprint density at radius 3 is 2.83 bits per heavy atom. The molecule has 0 aliphatic carbocycles. The number of carbonyl (C=O) groups is 1. The molecule has 2 rings (SSSR count). The van der Waals surface area contributed by atoms with Gasteiger partial charge >= 0.3 is 5.97 Å². The Balaban J connectivity index is 2.15. The van der Waals surface area contributed by atoms with Gasteiger partial charge in [0, 0.05) is 18.1 Å². The van der Waals surface area contributed by atoms with Crippen LogP contribution < -0.4 is 0 Å². The van der Waals surface area contributed by atoms with Crippen molar-refractivity contribution in [1.29, 1.82) is 0 Å². The van der Waals surface area contributed by atoms with Crippen molar-refractivity contribution in [2.75, 3.05) is 0 Å². The molecule has 0 bridgehead atoms. The molecule has 0 saturated heterocycles. The van der Waals surface area contributed by atoms with Gasteiger partial charge in [0.25, 0.3) is 0 Å². The summed E-state index contributed by atoms with van der Waals surface area (Å²) >= 11 is 1.38. The average molecular weight is 264 g/mol. The first-order valence-corrected chi connectivity index (χ1v) is 6.68. The summed E-state index contributed by atoms with van der Waals surface area (Å²) in [6.45, 7) is 5.45. The first-order chi connectivity index (χ1) is 8.38. The fraction of sp³-hybridized carbons (Fsp3) is 0.385. The number of imidazole rings is 1. The Bertz CT molecular complexity index is 590. The molecule has 0 aromatic carbocycles. The molecule has 0 radical (unpaired) electrons. The molecule has 0 spiro atoms. The molecule has 0 fully saturated rings. The molecular weight excluding hydrogens is 248 g/mol. The molecule has 5 heteroatoms. The Morgan fingerprint density at radius 1 is 1.44 bits per heavy atom. The van der Waals surface area contributed by atoms with Crippen LogP contribution in [0.3, 0.4) is 0 Å². The number of carboxylic acids is 1.